The maximum Gasteiger partial charge on any atom is 0.231 e. The molecule has 0 saturated carbocycles. The molecule has 0 aliphatic carbocycles. The average molecular weight is 417 g/mol. The molecule has 0 saturated heterocycles. The molecule has 2 aliphatic heterocycles. The third kappa shape index (κ3) is 3.12. The fourth-order valence-corrected chi connectivity index (χ4v) is 4.48. The van der Waals surface area contributed by atoms with E-state index in [0.717, 1.165) is 24.1 Å². The van der Waals surface area contributed by atoms with Crippen molar-refractivity contribution in [2.45, 2.75) is 25.2 Å². The monoisotopic (exact) mass is 417 g/mol. The lowest BCUT2D eigenvalue weighted by Gasteiger charge is -2.39. The number of rotatable bonds is 6. The number of hydrogen-bond donors (Lipinski definition) is 2. The molecule has 2 aromatic carbocycles. The van der Waals surface area contributed by atoms with Gasteiger partial charge in [-0.2, -0.15) is 0 Å². The van der Waals surface area contributed by atoms with Crippen LogP contribution < -0.4 is 23.7 Å². The van der Waals surface area contributed by atoms with E-state index in [-0.39, 0.29) is 13.4 Å². The van der Waals surface area contributed by atoms with E-state index < -0.39 is 12.1 Å². The quantitative estimate of drug-likeness (QED) is 0.740. The van der Waals surface area contributed by atoms with Crippen molar-refractivity contribution in [2.24, 2.45) is 0 Å². The molecule has 0 amide bonds. The number of hydrogen-bond acceptors (Lipinski definition) is 8. The Labute approximate surface area is 175 Å². The van der Waals surface area contributed by atoms with Crippen LogP contribution in [-0.4, -0.2) is 56.8 Å². The van der Waals surface area contributed by atoms with Gasteiger partial charge in [0.05, 0.1) is 40.1 Å². The van der Waals surface area contributed by atoms with Crippen LogP contribution in [0.2, 0.25) is 0 Å². The number of fused-ring (bicyclic) bond motifs is 2. The summed E-state index contributed by atoms with van der Waals surface area (Å²) in [5.41, 5.74) is 2.97. The normalized spacial score (nSPS) is 18.7. The summed E-state index contributed by atoms with van der Waals surface area (Å²) >= 11 is 0. The number of likely N-dealkylation sites (N-methyl/N-ethyl adjacent to an activating group) is 1. The number of nitrogens with zero attached hydrogens (tertiary/aromatic N) is 1. The van der Waals surface area contributed by atoms with Crippen LogP contribution in [0.1, 0.15) is 34.4 Å². The Morgan fingerprint density at radius 3 is 2.57 bits per heavy atom. The van der Waals surface area contributed by atoms with Crippen LogP contribution in [0.4, 0.5) is 0 Å². The SMILES string of the molecule is COc1ccc(C(O)C2c3c(cc4c(c3OC)OCO4)CCN2C)c(CO)c1OC. The zero-order valence-corrected chi connectivity index (χ0v) is 17.6. The van der Waals surface area contributed by atoms with Gasteiger partial charge in [-0.3, -0.25) is 4.90 Å². The first-order valence-electron chi connectivity index (χ1n) is 9.77. The van der Waals surface area contributed by atoms with E-state index in [1.807, 2.05) is 13.1 Å². The molecular formula is C22H27NO7. The van der Waals surface area contributed by atoms with Crippen LogP contribution in [0.5, 0.6) is 28.7 Å². The van der Waals surface area contributed by atoms with Gasteiger partial charge in [-0.05, 0) is 36.7 Å². The first kappa shape index (κ1) is 20.6. The van der Waals surface area contributed by atoms with E-state index in [1.54, 1.807) is 19.2 Å². The van der Waals surface area contributed by atoms with Gasteiger partial charge in [0.15, 0.2) is 23.0 Å². The summed E-state index contributed by atoms with van der Waals surface area (Å²) in [7, 11) is 6.60. The van der Waals surface area contributed by atoms with Crippen LogP contribution in [0, 0.1) is 0 Å². The lowest BCUT2D eigenvalue weighted by molar-refractivity contribution is 0.0524. The molecule has 2 atom stereocenters. The highest BCUT2D eigenvalue weighted by Gasteiger charge is 2.39. The van der Waals surface area contributed by atoms with Gasteiger partial charge >= 0.3 is 0 Å². The lowest BCUT2D eigenvalue weighted by atomic mass is 9.84. The molecule has 2 heterocycles. The summed E-state index contributed by atoms with van der Waals surface area (Å²) in [5.74, 6) is 2.69. The minimum absolute atomic E-state index is 0.141. The van der Waals surface area contributed by atoms with E-state index in [0.29, 0.717) is 39.9 Å². The predicted octanol–water partition coefficient (Wildman–Crippen LogP) is 2.20. The van der Waals surface area contributed by atoms with Gasteiger partial charge in [-0.1, -0.05) is 6.07 Å². The van der Waals surface area contributed by atoms with Crippen LogP contribution >= 0.6 is 0 Å². The van der Waals surface area contributed by atoms with E-state index >= 15 is 0 Å². The van der Waals surface area contributed by atoms with Crippen LogP contribution in [-0.2, 0) is 13.0 Å². The molecule has 2 aromatic rings. The molecule has 0 spiro atoms. The minimum atomic E-state index is -0.953. The van der Waals surface area contributed by atoms with Crippen molar-refractivity contribution in [3.05, 3.63) is 40.5 Å². The fourth-order valence-electron chi connectivity index (χ4n) is 4.48. The molecule has 4 rings (SSSR count). The maximum absolute atomic E-state index is 11.5. The third-order valence-corrected chi connectivity index (χ3v) is 5.91. The van der Waals surface area contributed by atoms with Gasteiger partial charge in [-0.15, -0.1) is 0 Å². The Kier molecular flexibility index (Phi) is 5.64. The van der Waals surface area contributed by atoms with Crippen molar-refractivity contribution in [3.8, 4) is 28.7 Å². The standard InChI is InChI=1S/C22H27NO7/c1-23-8-7-12-9-16-21(30-11-29-16)22(28-4)17(12)18(23)19(25)13-5-6-15(26-2)20(27-3)14(13)10-24/h5-6,9,18-19,24-25H,7-8,10-11H2,1-4H3. The topological polar surface area (TPSA) is 89.9 Å². The number of methoxy groups -OCH3 is 3. The molecule has 0 bridgehead atoms. The summed E-state index contributed by atoms with van der Waals surface area (Å²) in [6, 6.07) is 5.05. The summed E-state index contributed by atoms with van der Waals surface area (Å²) < 4.78 is 27.7. The van der Waals surface area contributed by atoms with Crippen LogP contribution in [0.15, 0.2) is 18.2 Å². The zero-order chi connectivity index (χ0) is 21.4. The van der Waals surface area contributed by atoms with E-state index in [9.17, 15) is 10.2 Å². The van der Waals surface area contributed by atoms with Gasteiger partial charge in [-0.25, -0.2) is 0 Å². The Morgan fingerprint density at radius 2 is 1.90 bits per heavy atom. The molecule has 0 radical (unpaired) electrons. The molecule has 0 fully saturated rings. The van der Waals surface area contributed by atoms with Gasteiger partial charge in [0, 0.05) is 17.7 Å². The number of aliphatic hydroxyl groups is 2. The minimum Gasteiger partial charge on any atom is -0.493 e. The Balaban J connectivity index is 1.86. The fraction of sp³-hybridized carbons (Fsp3) is 0.455. The van der Waals surface area contributed by atoms with Crippen molar-refractivity contribution in [1.82, 2.24) is 4.90 Å². The summed E-state index contributed by atoms with van der Waals surface area (Å²) in [6.07, 6.45) is -0.161. The van der Waals surface area contributed by atoms with Crippen molar-refractivity contribution in [1.29, 1.82) is 0 Å². The Hall–Kier alpha value is -2.68. The second-order valence-electron chi connectivity index (χ2n) is 7.36. The second kappa shape index (κ2) is 8.22. The molecule has 30 heavy (non-hydrogen) atoms. The first-order chi connectivity index (χ1) is 14.5. The van der Waals surface area contributed by atoms with E-state index in [1.165, 1.54) is 14.2 Å². The Bertz CT molecular complexity index is 946. The summed E-state index contributed by atoms with van der Waals surface area (Å²) in [4.78, 5) is 2.08. The zero-order valence-electron chi connectivity index (χ0n) is 17.6. The smallest absolute Gasteiger partial charge is 0.231 e. The third-order valence-electron chi connectivity index (χ3n) is 5.91. The second-order valence-corrected chi connectivity index (χ2v) is 7.36. The number of benzene rings is 2. The molecule has 0 aromatic heterocycles. The molecule has 8 heteroatoms. The molecule has 2 aliphatic rings. The van der Waals surface area contributed by atoms with Crippen molar-refractivity contribution >= 4 is 0 Å². The van der Waals surface area contributed by atoms with Gasteiger partial charge in [0.1, 0.15) is 0 Å². The average Bonchev–Trinajstić information content (AvgIpc) is 3.24. The first-order valence-corrected chi connectivity index (χ1v) is 9.77. The Morgan fingerprint density at radius 1 is 1.13 bits per heavy atom. The highest BCUT2D eigenvalue weighted by molar-refractivity contribution is 5.62. The summed E-state index contributed by atoms with van der Waals surface area (Å²) in [5, 5.41) is 21.6. The molecule has 2 N–H and O–H groups in total. The van der Waals surface area contributed by atoms with Gasteiger partial charge in [0.2, 0.25) is 12.5 Å². The predicted molar refractivity (Wildman–Crippen MR) is 109 cm³/mol. The number of ether oxygens (including phenoxy) is 5. The van der Waals surface area contributed by atoms with E-state index in [2.05, 4.69) is 4.90 Å². The van der Waals surface area contributed by atoms with Crippen LogP contribution in [0.25, 0.3) is 0 Å². The van der Waals surface area contributed by atoms with Crippen molar-refractivity contribution < 1.29 is 33.9 Å². The highest BCUT2D eigenvalue weighted by Crippen LogP contribution is 2.52. The maximum atomic E-state index is 11.5. The highest BCUT2D eigenvalue weighted by atomic mass is 16.7. The molecule has 8 nitrogen and oxygen atoms in total. The summed E-state index contributed by atoms with van der Waals surface area (Å²) in [6.45, 7) is 0.593. The molecular weight excluding hydrogens is 390 g/mol. The number of aliphatic hydroxyl groups excluding tert-OH is 2. The molecule has 2 unspecified atom stereocenters. The van der Waals surface area contributed by atoms with E-state index in [4.69, 9.17) is 23.7 Å². The van der Waals surface area contributed by atoms with Gasteiger partial charge in [0.25, 0.3) is 0 Å². The van der Waals surface area contributed by atoms with Crippen LogP contribution in [0.3, 0.4) is 0 Å². The van der Waals surface area contributed by atoms with Gasteiger partial charge < -0.3 is 33.9 Å². The largest absolute Gasteiger partial charge is 0.493 e. The molecule has 162 valence electrons. The van der Waals surface area contributed by atoms with Crippen molar-refractivity contribution in [2.75, 3.05) is 41.7 Å². The van der Waals surface area contributed by atoms with Crippen molar-refractivity contribution in [3.63, 3.8) is 0 Å². The lowest BCUT2D eigenvalue weighted by Crippen LogP contribution is -2.36.